The largest absolute Gasteiger partial charge is 0.506 e. The third-order valence-electron chi connectivity index (χ3n) is 6.30. The van der Waals surface area contributed by atoms with Gasteiger partial charge in [-0.2, -0.15) is 0 Å². The van der Waals surface area contributed by atoms with E-state index in [1.807, 2.05) is 12.1 Å². The van der Waals surface area contributed by atoms with Gasteiger partial charge < -0.3 is 36.4 Å². The van der Waals surface area contributed by atoms with Crippen molar-refractivity contribution in [3.63, 3.8) is 0 Å². The summed E-state index contributed by atoms with van der Waals surface area (Å²) in [6, 6.07) is 5.55. The van der Waals surface area contributed by atoms with Crippen molar-refractivity contribution in [2.75, 3.05) is 37.6 Å². The normalized spacial score (nSPS) is 15.0. The maximum atomic E-state index is 13.4. The van der Waals surface area contributed by atoms with Crippen molar-refractivity contribution in [3.8, 4) is 5.75 Å². The topological polar surface area (TPSA) is 161 Å². The summed E-state index contributed by atoms with van der Waals surface area (Å²) in [6.07, 6.45) is 4.00. The Labute approximate surface area is 238 Å². The molecular formula is C25H32Br2N6O5. The van der Waals surface area contributed by atoms with Crippen LogP contribution >= 0.6 is 31.9 Å². The number of nitrogens with zero attached hydrogens (tertiary/aromatic N) is 3. The molecule has 0 saturated carbocycles. The lowest BCUT2D eigenvalue weighted by Gasteiger charge is -2.37. The average Bonchev–Trinajstić information content (AvgIpc) is 2.90. The lowest BCUT2D eigenvalue weighted by Crippen LogP contribution is -2.57. The van der Waals surface area contributed by atoms with Gasteiger partial charge in [0.15, 0.2) is 0 Å². The molecule has 2 heterocycles. The van der Waals surface area contributed by atoms with E-state index < -0.39 is 24.1 Å². The summed E-state index contributed by atoms with van der Waals surface area (Å²) < 4.78 is 0.951. The number of anilines is 1. The molecule has 1 fully saturated rings. The third kappa shape index (κ3) is 8.57. The second-order valence-corrected chi connectivity index (χ2v) is 10.7. The molecule has 6 N–H and O–H groups in total. The molecule has 0 radical (unpaired) electrons. The number of aromatic hydroxyl groups is 1. The SMILES string of the molecule is N[C@@H](Cc1cc(Br)c(O)c(Br)c1)C(=O)N[C@H](CCCCNC(=O)O)C(=O)N1CCN(c2ccncc2)CC1. The first kappa shape index (κ1) is 29.7. The Morgan fingerprint density at radius 3 is 2.29 bits per heavy atom. The number of amides is 3. The second kappa shape index (κ2) is 14.3. The minimum absolute atomic E-state index is 0.0545. The van der Waals surface area contributed by atoms with Gasteiger partial charge in [-0.15, -0.1) is 0 Å². The lowest BCUT2D eigenvalue weighted by atomic mass is 10.0. The Morgan fingerprint density at radius 2 is 1.68 bits per heavy atom. The van der Waals surface area contributed by atoms with E-state index in [1.165, 1.54) is 0 Å². The van der Waals surface area contributed by atoms with Crippen LogP contribution in [0.2, 0.25) is 0 Å². The standard InChI is InChI=1S/C25H32Br2N6O5/c26-18-13-16(14-19(27)22(18)34)15-20(28)23(35)31-21(3-1-2-6-30-25(37)38)24(36)33-11-9-32(10-12-33)17-4-7-29-8-5-17/h4-5,7-8,13-14,20-21,30,34H,1-3,6,9-12,15,28H2,(H,31,35)(H,37,38)/t20-,21+/m0/s1. The molecule has 38 heavy (non-hydrogen) atoms. The van der Waals surface area contributed by atoms with E-state index in [1.54, 1.807) is 29.4 Å². The Hall–Kier alpha value is -2.90. The summed E-state index contributed by atoms with van der Waals surface area (Å²) in [5.41, 5.74) is 7.97. The highest BCUT2D eigenvalue weighted by molar-refractivity contribution is 9.11. The van der Waals surface area contributed by atoms with Crippen LogP contribution in [0.25, 0.3) is 0 Å². The zero-order valence-corrected chi connectivity index (χ0v) is 23.9. The fraction of sp³-hybridized carbons (Fsp3) is 0.440. The number of pyridine rings is 1. The summed E-state index contributed by atoms with van der Waals surface area (Å²) in [4.78, 5) is 45.1. The van der Waals surface area contributed by atoms with Gasteiger partial charge in [0.25, 0.3) is 0 Å². The van der Waals surface area contributed by atoms with E-state index in [-0.39, 0.29) is 24.6 Å². The van der Waals surface area contributed by atoms with Gasteiger partial charge in [-0.3, -0.25) is 14.6 Å². The van der Waals surface area contributed by atoms with Crippen molar-refractivity contribution in [1.29, 1.82) is 0 Å². The number of unbranched alkanes of at least 4 members (excludes halogenated alkanes) is 1. The number of rotatable bonds is 11. The van der Waals surface area contributed by atoms with Gasteiger partial charge >= 0.3 is 6.09 Å². The third-order valence-corrected chi connectivity index (χ3v) is 7.51. The number of halogens is 2. The minimum atomic E-state index is -1.10. The molecule has 0 spiro atoms. The van der Waals surface area contributed by atoms with Gasteiger partial charge in [0.2, 0.25) is 11.8 Å². The molecule has 3 rings (SSSR count). The van der Waals surface area contributed by atoms with Gasteiger partial charge in [0.05, 0.1) is 15.0 Å². The van der Waals surface area contributed by atoms with Crippen molar-refractivity contribution in [1.82, 2.24) is 20.5 Å². The zero-order chi connectivity index (χ0) is 27.7. The number of hydrogen-bond donors (Lipinski definition) is 5. The maximum Gasteiger partial charge on any atom is 0.404 e. The van der Waals surface area contributed by atoms with Crippen LogP contribution in [0, 0.1) is 0 Å². The molecule has 0 aliphatic carbocycles. The van der Waals surface area contributed by atoms with Gasteiger partial charge in [-0.1, -0.05) is 0 Å². The predicted octanol–water partition coefficient (Wildman–Crippen LogP) is 2.45. The average molecular weight is 656 g/mol. The van der Waals surface area contributed by atoms with Crippen LogP contribution in [0.4, 0.5) is 10.5 Å². The summed E-state index contributed by atoms with van der Waals surface area (Å²) in [6.45, 7) is 2.59. The molecule has 2 aromatic rings. The zero-order valence-electron chi connectivity index (χ0n) is 20.8. The summed E-state index contributed by atoms with van der Waals surface area (Å²) >= 11 is 6.55. The van der Waals surface area contributed by atoms with Crippen molar-refractivity contribution < 1.29 is 24.6 Å². The van der Waals surface area contributed by atoms with Crippen LogP contribution in [0.5, 0.6) is 5.75 Å². The monoisotopic (exact) mass is 654 g/mol. The van der Waals surface area contributed by atoms with E-state index >= 15 is 0 Å². The number of hydrogen-bond acceptors (Lipinski definition) is 7. The molecule has 1 saturated heterocycles. The number of phenols is 1. The first-order valence-electron chi connectivity index (χ1n) is 12.3. The van der Waals surface area contributed by atoms with E-state index in [4.69, 9.17) is 10.8 Å². The van der Waals surface area contributed by atoms with Crippen LogP contribution in [-0.4, -0.2) is 82.8 Å². The molecule has 2 atom stereocenters. The first-order chi connectivity index (χ1) is 18.2. The number of benzene rings is 1. The molecule has 13 heteroatoms. The number of nitrogens with two attached hydrogens (primary N) is 1. The van der Waals surface area contributed by atoms with Crippen molar-refractivity contribution in [2.45, 2.75) is 37.8 Å². The van der Waals surface area contributed by atoms with Crippen LogP contribution in [0.15, 0.2) is 45.6 Å². The highest BCUT2D eigenvalue weighted by Gasteiger charge is 2.30. The summed E-state index contributed by atoms with van der Waals surface area (Å²) in [5.74, 6) is -0.581. The number of carbonyl (C=O) groups excluding carboxylic acids is 2. The number of piperazine rings is 1. The number of nitrogens with one attached hydrogen (secondary N) is 2. The van der Waals surface area contributed by atoms with Crippen LogP contribution in [0.1, 0.15) is 24.8 Å². The highest BCUT2D eigenvalue weighted by atomic mass is 79.9. The van der Waals surface area contributed by atoms with Crippen LogP contribution < -0.4 is 21.3 Å². The predicted molar refractivity (Wildman–Crippen MR) is 150 cm³/mol. The summed E-state index contributed by atoms with van der Waals surface area (Å²) in [5, 5.41) is 23.8. The summed E-state index contributed by atoms with van der Waals surface area (Å²) in [7, 11) is 0. The van der Waals surface area contributed by atoms with Crippen LogP contribution in [0.3, 0.4) is 0 Å². The molecule has 1 aromatic heterocycles. The van der Waals surface area contributed by atoms with Crippen molar-refractivity contribution >= 4 is 55.5 Å². The van der Waals surface area contributed by atoms with E-state index in [0.717, 1.165) is 11.3 Å². The Bertz CT molecular complexity index is 1090. The Kier molecular flexibility index (Phi) is 11.2. The van der Waals surface area contributed by atoms with Gasteiger partial charge in [-0.25, -0.2) is 4.79 Å². The molecular weight excluding hydrogens is 624 g/mol. The van der Waals surface area contributed by atoms with Gasteiger partial charge in [0, 0.05) is 50.8 Å². The van der Waals surface area contributed by atoms with E-state index in [2.05, 4.69) is 52.4 Å². The smallest absolute Gasteiger partial charge is 0.404 e. The number of carboxylic acid groups (broad SMARTS) is 1. The molecule has 11 nitrogen and oxygen atoms in total. The Morgan fingerprint density at radius 1 is 1.05 bits per heavy atom. The number of aromatic nitrogens is 1. The quantitative estimate of drug-likeness (QED) is 0.231. The highest BCUT2D eigenvalue weighted by Crippen LogP contribution is 2.33. The molecule has 3 amide bonds. The van der Waals surface area contributed by atoms with Crippen molar-refractivity contribution in [2.24, 2.45) is 5.73 Å². The Balaban J connectivity index is 1.62. The van der Waals surface area contributed by atoms with Gasteiger partial charge in [0.1, 0.15) is 11.8 Å². The fourth-order valence-corrected chi connectivity index (χ4v) is 5.53. The first-order valence-corrected chi connectivity index (χ1v) is 13.9. The lowest BCUT2D eigenvalue weighted by molar-refractivity contribution is -0.137. The molecule has 1 aliphatic rings. The maximum absolute atomic E-state index is 13.4. The molecule has 0 bridgehead atoms. The fourth-order valence-electron chi connectivity index (χ4n) is 4.25. The molecule has 0 unspecified atom stereocenters. The number of phenolic OH excluding ortho intramolecular Hbond substituents is 1. The minimum Gasteiger partial charge on any atom is -0.506 e. The van der Waals surface area contributed by atoms with Crippen molar-refractivity contribution in [3.05, 3.63) is 51.2 Å². The second-order valence-electron chi connectivity index (χ2n) is 9.03. The molecule has 1 aliphatic heterocycles. The molecule has 206 valence electrons. The molecule has 1 aromatic carbocycles. The number of carbonyl (C=O) groups is 3. The van der Waals surface area contributed by atoms with E-state index in [0.29, 0.717) is 54.4 Å². The van der Waals surface area contributed by atoms with Gasteiger partial charge in [-0.05, 0) is 87.4 Å². The van der Waals surface area contributed by atoms with Crippen LogP contribution in [-0.2, 0) is 16.0 Å². The van der Waals surface area contributed by atoms with E-state index in [9.17, 15) is 19.5 Å².